The summed E-state index contributed by atoms with van der Waals surface area (Å²) in [7, 11) is 0. The van der Waals surface area contributed by atoms with Gasteiger partial charge >= 0.3 is 0 Å². The molecule has 2 N–H and O–H groups in total. The highest BCUT2D eigenvalue weighted by molar-refractivity contribution is 8.04. The van der Waals surface area contributed by atoms with Crippen LogP contribution in [-0.2, 0) is 4.79 Å². The van der Waals surface area contributed by atoms with Gasteiger partial charge in [0.15, 0.2) is 0 Å². The van der Waals surface area contributed by atoms with E-state index in [1.807, 2.05) is 13.8 Å². The molecule has 1 aromatic heterocycles. The zero-order valence-electron chi connectivity index (χ0n) is 10.8. The van der Waals surface area contributed by atoms with Crippen molar-refractivity contribution in [3.05, 3.63) is 39.2 Å². The van der Waals surface area contributed by atoms with Gasteiger partial charge in [-0.25, -0.2) is 0 Å². The molecule has 19 heavy (non-hydrogen) atoms. The molecule has 2 heterocycles. The van der Waals surface area contributed by atoms with Gasteiger partial charge in [0.05, 0.1) is 10.3 Å². The van der Waals surface area contributed by atoms with Gasteiger partial charge in [-0.15, -0.1) is 0 Å². The van der Waals surface area contributed by atoms with Gasteiger partial charge < -0.3 is 15.0 Å². The van der Waals surface area contributed by atoms with Gasteiger partial charge in [-0.2, -0.15) is 0 Å². The predicted octanol–water partition coefficient (Wildman–Crippen LogP) is 1.60. The molecule has 0 spiro atoms. The van der Waals surface area contributed by atoms with Crippen molar-refractivity contribution in [3.8, 4) is 5.75 Å². The van der Waals surface area contributed by atoms with Crippen molar-refractivity contribution in [2.45, 2.75) is 25.6 Å². The molecule has 1 atom stereocenters. The van der Waals surface area contributed by atoms with E-state index in [1.54, 1.807) is 10.8 Å². The molecular formula is C13H16N2O3S. The number of thioether (sulfide) groups is 1. The lowest BCUT2D eigenvalue weighted by atomic mass is 10.2. The fourth-order valence-corrected chi connectivity index (χ4v) is 3.35. The summed E-state index contributed by atoms with van der Waals surface area (Å²) >= 11 is 1.39. The quantitative estimate of drug-likeness (QED) is 0.882. The Hall–Kier alpha value is -1.69. The van der Waals surface area contributed by atoms with Crippen LogP contribution in [0.25, 0.3) is 0 Å². The number of aromatic hydroxyl groups is 1. The van der Waals surface area contributed by atoms with Crippen molar-refractivity contribution in [3.63, 3.8) is 0 Å². The molecule has 0 aliphatic carbocycles. The van der Waals surface area contributed by atoms with Crippen LogP contribution in [0.5, 0.6) is 5.75 Å². The van der Waals surface area contributed by atoms with Crippen molar-refractivity contribution in [1.29, 1.82) is 0 Å². The monoisotopic (exact) mass is 280 g/mol. The average molecular weight is 280 g/mol. The summed E-state index contributed by atoms with van der Waals surface area (Å²) in [5.74, 6) is -0.128. The molecule has 0 saturated heterocycles. The van der Waals surface area contributed by atoms with Crippen LogP contribution in [0.15, 0.2) is 33.6 Å². The van der Waals surface area contributed by atoms with E-state index in [0.29, 0.717) is 17.9 Å². The van der Waals surface area contributed by atoms with E-state index < -0.39 is 0 Å². The molecule has 2 rings (SSSR count). The van der Waals surface area contributed by atoms with Crippen molar-refractivity contribution in [1.82, 2.24) is 9.88 Å². The Kier molecular flexibility index (Phi) is 3.99. The third-order valence-electron chi connectivity index (χ3n) is 2.91. The van der Waals surface area contributed by atoms with Crippen LogP contribution in [0.1, 0.15) is 25.6 Å². The molecular weight excluding hydrogens is 264 g/mol. The second kappa shape index (κ2) is 5.52. The van der Waals surface area contributed by atoms with Gasteiger partial charge in [0.25, 0.3) is 11.5 Å². The van der Waals surface area contributed by atoms with Crippen LogP contribution < -0.4 is 10.9 Å². The van der Waals surface area contributed by atoms with E-state index >= 15 is 0 Å². The first-order valence-electron chi connectivity index (χ1n) is 6.08. The molecule has 1 unspecified atom stereocenters. The minimum Gasteiger partial charge on any atom is -0.508 e. The number of nitrogens with one attached hydrogen (secondary N) is 1. The number of nitrogens with zero attached hydrogens (tertiary/aromatic N) is 1. The lowest BCUT2D eigenvalue weighted by Crippen LogP contribution is -2.24. The number of hydrogen-bond acceptors (Lipinski definition) is 4. The highest BCUT2D eigenvalue weighted by atomic mass is 32.2. The predicted molar refractivity (Wildman–Crippen MR) is 75.0 cm³/mol. The fourth-order valence-electron chi connectivity index (χ4n) is 1.99. The molecule has 1 aliphatic heterocycles. The molecule has 1 aromatic rings. The Morgan fingerprint density at radius 3 is 3.00 bits per heavy atom. The first-order valence-corrected chi connectivity index (χ1v) is 6.96. The van der Waals surface area contributed by atoms with Crippen LogP contribution in [0.2, 0.25) is 0 Å². The van der Waals surface area contributed by atoms with Crippen molar-refractivity contribution in [2.24, 2.45) is 0 Å². The van der Waals surface area contributed by atoms with Gasteiger partial charge in [-0.1, -0.05) is 17.3 Å². The smallest absolute Gasteiger partial charge is 0.257 e. The largest absolute Gasteiger partial charge is 0.508 e. The van der Waals surface area contributed by atoms with Gasteiger partial charge in [-0.3, -0.25) is 9.59 Å². The third kappa shape index (κ3) is 2.84. The number of hydrogen-bond donors (Lipinski definition) is 2. The van der Waals surface area contributed by atoms with Gasteiger partial charge in [0.1, 0.15) is 5.75 Å². The number of pyridine rings is 1. The van der Waals surface area contributed by atoms with Crippen molar-refractivity contribution < 1.29 is 9.90 Å². The minimum atomic E-state index is -0.262. The molecule has 0 saturated carbocycles. The van der Waals surface area contributed by atoms with E-state index in [2.05, 4.69) is 5.32 Å². The highest BCUT2D eigenvalue weighted by Crippen LogP contribution is 2.43. The molecule has 1 aliphatic rings. The Morgan fingerprint density at radius 2 is 2.37 bits per heavy atom. The Morgan fingerprint density at radius 1 is 1.63 bits per heavy atom. The number of rotatable bonds is 3. The fraction of sp³-hybridized carbons (Fsp3) is 0.385. The van der Waals surface area contributed by atoms with Crippen LogP contribution in [-0.4, -0.2) is 22.1 Å². The maximum absolute atomic E-state index is 11.9. The summed E-state index contributed by atoms with van der Waals surface area (Å²) in [4.78, 5) is 24.3. The summed E-state index contributed by atoms with van der Waals surface area (Å²) < 4.78 is 1.54. The topological polar surface area (TPSA) is 71.3 Å². The second-order valence-electron chi connectivity index (χ2n) is 4.38. The molecule has 0 bridgehead atoms. The third-order valence-corrected chi connectivity index (χ3v) is 4.34. The van der Waals surface area contributed by atoms with E-state index in [-0.39, 0.29) is 22.6 Å². The highest BCUT2D eigenvalue weighted by Gasteiger charge is 2.28. The lowest BCUT2D eigenvalue weighted by Gasteiger charge is -2.13. The Labute approximate surface area is 115 Å². The van der Waals surface area contributed by atoms with E-state index in [9.17, 15) is 14.7 Å². The summed E-state index contributed by atoms with van der Waals surface area (Å²) in [6, 6.07) is 2.65. The molecule has 0 aromatic carbocycles. The summed E-state index contributed by atoms with van der Waals surface area (Å²) in [5, 5.41) is 11.9. The summed E-state index contributed by atoms with van der Waals surface area (Å²) in [6.07, 6.45) is 2.21. The van der Waals surface area contributed by atoms with Crippen LogP contribution in [0, 0.1) is 0 Å². The van der Waals surface area contributed by atoms with Gasteiger partial charge in [0, 0.05) is 25.2 Å². The average Bonchev–Trinajstić information content (AvgIpc) is 2.71. The van der Waals surface area contributed by atoms with Gasteiger partial charge in [0.2, 0.25) is 0 Å². The van der Waals surface area contributed by atoms with E-state index in [0.717, 1.165) is 5.57 Å². The Bertz CT molecular complexity index is 592. The number of likely N-dealkylation sites (N-methyl/N-ethyl adjacent to an activating group) is 1. The van der Waals surface area contributed by atoms with Gasteiger partial charge in [-0.05, 0) is 19.9 Å². The van der Waals surface area contributed by atoms with Crippen LogP contribution >= 0.6 is 11.8 Å². The second-order valence-corrected chi connectivity index (χ2v) is 5.56. The first kappa shape index (κ1) is 13.7. The Balaban J connectivity index is 2.20. The number of amides is 1. The van der Waals surface area contributed by atoms with E-state index in [4.69, 9.17) is 0 Å². The first-order chi connectivity index (χ1) is 9.02. The maximum Gasteiger partial charge on any atom is 0.257 e. The normalized spacial score (nSPS) is 18.7. The molecule has 0 radical (unpaired) electrons. The number of aromatic nitrogens is 1. The summed E-state index contributed by atoms with van der Waals surface area (Å²) in [6.45, 7) is 4.36. The SMILES string of the molecule is CCNC(=O)C1=C(C)CC(n2ccc(O)cc2=O)S1. The number of carbonyl (C=O) groups is 1. The molecule has 6 heteroatoms. The minimum absolute atomic E-state index is 0.0436. The molecule has 102 valence electrons. The molecule has 1 amide bonds. The molecule has 0 fully saturated rings. The van der Waals surface area contributed by atoms with Crippen molar-refractivity contribution >= 4 is 17.7 Å². The van der Waals surface area contributed by atoms with Crippen LogP contribution in [0.3, 0.4) is 0 Å². The van der Waals surface area contributed by atoms with Crippen LogP contribution in [0.4, 0.5) is 0 Å². The van der Waals surface area contributed by atoms with E-state index in [1.165, 1.54) is 23.9 Å². The summed E-state index contributed by atoms with van der Waals surface area (Å²) in [5.41, 5.74) is 0.725. The number of carbonyl (C=O) groups excluding carboxylic acids is 1. The number of allylic oxidation sites excluding steroid dienone is 1. The standard InChI is InChI=1S/C13H16N2O3S/c1-3-14-13(18)12-8(2)6-11(19-12)15-5-4-9(16)7-10(15)17/h4-5,7,11,16H,3,6H2,1-2H3,(H,14,18). The maximum atomic E-state index is 11.9. The zero-order valence-corrected chi connectivity index (χ0v) is 11.7. The van der Waals surface area contributed by atoms with Crippen molar-refractivity contribution in [2.75, 3.05) is 6.54 Å². The molecule has 5 nitrogen and oxygen atoms in total. The lowest BCUT2D eigenvalue weighted by molar-refractivity contribution is -0.116. The zero-order chi connectivity index (χ0) is 14.0.